The first-order valence-electron chi connectivity index (χ1n) is 10.2. The first-order valence-corrected chi connectivity index (χ1v) is 11.0. The minimum Gasteiger partial charge on any atom is -0.364 e. The Morgan fingerprint density at radius 1 is 1.23 bits per heavy atom. The summed E-state index contributed by atoms with van der Waals surface area (Å²) in [6.07, 6.45) is 2.76. The highest BCUT2D eigenvalue weighted by Gasteiger charge is 2.57. The van der Waals surface area contributed by atoms with Crippen LogP contribution in [0, 0.1) is 17.8 Å². The van der Waals surface area contributed by atoms with Crippen LogP contribution in [0.1, 0.15) is 36.2 Å². The Hall–Kier alpha value is -2.12. The number of rotatable bonds is 7. The quantitative estimate of drug-likeness (QED) is 0.657. The number of alkyl halides is 2. The van der Waals surface area contributed by atoms with Crippen LogP contribution in [0.5, 0.6) is 0 Å². The summed E-state index contributed by atoms with van der Waals surface area (Å²) in [4.78, 5) is 39.5. The third-order valence-corrected chi connectivity index (χ3v) is 7.60. The second kappa shape index (κ2) is 6.95. The van der Waals surface area contributed by atoms with Crippen molar-refractivity contribution in [3.63, 3.8) is 0 Å². The fourth-order valence-electron chi connectivity index (χ4n) is 4.83. The van der Waals surface area contributed by atoms with E-state index < -0.39 is 10.2 Å². The third-order valence-electron chi connectivity index (χ3n) is 6.67. The van der Waals surface area contributed by atoms with Crippen LogP contribution in [0.15, 0.2) is 24.3 Å². The number of primary amides is 1. The predicted octanol–water partition coefficient (Wildman–Crippen LogP) is 2.53. The number of ketones is 1. The van der Waals surface area contributed by atoms with Gasteiger partial charge in [-0.15, -0.1) is 23.2 Å². The number of hydrogen-bond acceptors (Lipinski definition) is 4. The molecule has 2 saturated carbocycles. The normalized spacial score (nSPS) is 28.4. The number of nitrogens with two attached hydrogens (primary N) is 1. The van der Waals surface area contributed by atoms with E-state index in [0.717, 1.165) is 12.8 Å². The summed E-state index contributed by atoms with van der Waals surface area (Å²) in [7, 11) is 0. The third kappa shape index (κ3) is 3.38. The number of piperidine rings is 1. The molecule has 0 unspecified atom stereocenters. The van der Waals surface area contributed by atoms with Crippen LogP contribution in [0.3, 0.4) is 0 Å². The fraction of sp³-hybridized carbons (Fsp3) is 0.524. The van der Waals surface area contributed by atoms with Gasteiger partial charge in [0, 0.05) is 18.4 Å². The van der Waals surface area contributed by atoms with Gasteiger partial charge in [0.2, 0.25) is 5.91 Å². The highest BCUT2D eigenvalue weighted by Crippen LogP contribution is 2.56. The number of aromatic nitrogens is 2. The number of carbonyl (C=O) groups excluding carboxylic acids is 3. The average molecular weight is 449 g/mol. The summed E-state index contributed by atoms with van der Waals surface area (Å²) < 4.78 is 0.815. The molecule has 0 bridgehead atoms. The van der Waals surface area contributed by atoms with Crippen LogP contribution in [0.2, 0.25) is 0 Å². The van der Waals surface area contributed by atoms with E-state index in [1.54, 1.807) is 23.1 Å². The lowest BCUT2D eigenvalue weighted by molar-refractivity contribution is -0.139. The largest absolute Gasteiger partial charge is 0.364 e. The standard InChI is InChI=1S/C21H22Cl2N4O3/c22-21(23)8-12(21)5-6-16(28)19-14-7-11(14)9-26(19)17(29)10-27-15-4-2-1-3-13(15)18(25-27)20(24)30/h1-4,11-12,14,19H,5-10H2,(H2,24,30)/t11-,12-,14-,19+/m1/s1. The van der Waals surface area contributed by atoms with Crippen LogP contribution < -0.4 is 5.73 Å². The zero-order valence-electron chi connectivity index (χ0n) is 16.3. The van der Waals surface area contributed by atoms with Gasteiger partial charge in [-0.05, 0) is 43.1 Å². The zero-order valence-corrected chi connectivity index (χ0v) is 17.8. The summed E-state index contributed by atoms with van der Waals surface area (Å²) in [5.74, 6) is 0.107. The maximum atomic E-state index is 13.1. The molecule has 2 aliphatic carbocycles. The Morgan fingerprint density at radius 2 is 1.97 bits per heavy atom. The van der Waals surface area contributed by atoms with Gasteiger partial charge in [0.1, 0.15) is 10.9 Å². The molecule has 1 aliphatic heterocycles. The number of hydrogen-bond donors (Lipinski definition) is 1. The molecule has 7 nitrogen and oxygen atoms in total. The van der Waals surface area contributed by atoms with Crippen molar-refractivity contribution >= 4 is 51.7 Å². The Bertz CT molecular complexity index is 1070. The molecule has 2 heterocycles. The lowest BCUT2D eigenvalue weighted by Crippen LogP contribution is -2.45. The van der Waals surface area contributed by atoms with Crippen LogP contribution in [0.4, 0.5) is 0 Å². The lowest BCUT2D eigenvalue weighted by Gasteiger charge is -2.26. The molecule has 2 N–H and O–H groups in total. The van der Waals surface area contributed by atoms with Gasteiger partial charge in [-0.2, -0.15) is 5.10 Å². The highest BCUT2D eigenvalue weighted by molar-refractivity contribution is 6.50. The molecule has 0 spiro atoms. The first kappa shape index (κ1) is 19.8. The molecule has 1 saturated heterocycles. The molecule has 0 radical (unpaired) electrons. The highest BCUT2D eigenvalue weighted by atomic mass is 35.5. The van der Waals surface area contributed by atoms with E-state index in [4.69, 9.17) is 28.9 Å². The molecule has 4 atom stereocenters. The predicted molar refractivity (Wildman–Crippen MR) is 112 cm³/mol. The maximum Gasteiger partial charge on any atom is 0.269 e. The number of carbonyl (C=O) groups is 3. The van der Waals surface area contributed by atoms with Crippen LogP contribution in [-0.2, 0) is 16.1 Å². The SMILES string of the molecule is NC(=O)c1nn(CC(=O)N2C[C@H]3C[C@H]3[C@H]2C(=O)CC[C@@H]2CC2(Cl)Cl)c2ccccc12. The molecule has 9 heteroatoms. The van der Waals surface area contributed by atoms with E-state index in [0.29, 0.717) is 36.2 Å². The number of halogens is 2. The molecule has 2 amide bonds. The molecule has 2 aromatic rings. The van der Waals surface area contributed by atoms with E-state index in [-0.39, 0.29) is 41.8 Å². The first-order chi connectivity index (χ1) is 14.3. The Morgan fingerprint density at radius 3 is 2.67 bits per heavy atom. The second-order valence-electron chi connectivity index (χ2n) is 8.71. The molecular formula is C21H22Cl2N4O3. The summed E-state index contributed by atoms with van der Waals surface area (Å²) in [6.45, 7) is 0.562. The lowest BCUT2D eigenvalue weighted by atomic mass is 10.0. The van der Waals surface area contributed by atoms with Gasteiger partial charge >= 0.3 is 0 Å². The Balaban J connectivity index is 1.32. The van der Waals surface area contributed by atoms with Crippen molar-refractivity contribution in [2.24, 2.45) is 23.5 Å². The minimum absolute atomic E-state index is 0.0356. The number of para-hydroxylation sites is 1. The minimum atomic E-state index is -0.688. The molecule has 3 aliphatic rings. The monoisotopic (exact) mass is 448 g/mol. The van der Waals surface area contributed by atoms with Gasteiger partial charge in [0.15, 0.2) is 11.5 Å². The van der Waals surface area contributed by atoms with Crippen molar-refractivity contribution in [3.8, 4) is 0 Å². The van der Waals surface area contributed by atoms with Crippen molar-refractivity contribution in [2.75, 3.05) is 6.54 Å². The number of likely N-dealkylation sites (tertiary alicyclic amines) is 1. The Labute approximate surface area is 183 Å². The number of Topliss-reactive ketones (excluding diaryl/α,β-unsaturated/α-hetero) is 1. The summed E-state index contributed by atoms with van der Waals surface area (Å²) in [5, 5.41) is 4.88. The van der Waals surface area contributed by atoms with Crippen molar-refractivity contribution in [1.82, 2.24) is 14.7 Å². The van der Waals surface area contributed by atoms with Gasteiger partial charge in [-0.1, -0.05) is 18.2 Å². The summed E-state index contributed by atoms with van der Waals surface area (Å²) >= 11 is 12.2. The molecule has 3 fully saturated rings. The van der Waals surface area contributed by atoms with Crippen LogP contribution in [-0.4, -0.2) is 49.2 Å². The van der Waals surface area contributed by atoms with E-state index in [1.807, 2.05) is 6.07 Å². The van der Waals surface area contributed by atoms with Crippen molar-refractivity contribution < 1.29 is 14.4 Å². The molecule has 30 heavy (non-hydrogen) atoms. The zero-order chi connectivity index (χ0) is 21.2. The summed E-state index contributed by atoms with van der Waals surface area (Å²) in [5.41, 5.74) is 6.25. The summed E-state index contributed by atoms with van der Waals surface area (Å²) in [6, 6.07) is 6.79. The maximum absolute atomic E-state index is 13.1. The van der Waals surface area contributed by atoms with E-state index in [1.165, 1.54) is 4.68 Å². The van der Waals surface area contributed by atoms with Gasteiger partial charge in [0.05, 0.1) is 11.6 Å². The van der Waals surface area contributed by atoms with Crippen molar-refractivity contribution in [3.05, 3.63) is 30.0 Å². The topological polar surface area (TPSA) is 98.3 Å². The smallest absolute Gasteiger partial charge is 0.269 e. The molecule has 1 aromatic carbocycles. The van der Waals surface area contributed by atoms with Gasteiger partial charge in [0.25, 0.3) is 5.91 Å². The molecular weight excluding hydrogens is 427 g/mol. The van der Waals surface area contributed by atoms with Crippen LogP contribution >= 0.6 is 23.2 Å². The van der Waals surface area contributed by atoms with E-state index in [2.05, 4.69) is 5.10 Å². The number of benzene rings is 1. The molecule has 5 rings (SSSR count). The van der Waals surface area contributed by atoms with Crippen LogP contribution in [0.25, 0.3) is 10.9 Å². The fourth-order valence-corrected chi connectivity index (χ4v) is 5.42. The van der Waals surface area contributed by atoms with Crippen molar-refractivity contribution in [2.45, 2.75) is 42.6 Å². The van der Waals surface area contributed by atoms with E-state index >= 15 is 0 Å². The van der Waals surface area contributed by atoms with Gasteiger partial charge in [-0.3, -0.25) is 19.1 Å². The van der Waals surface area contributed by atoms with Crippen molar-refractivity contribution in [1.29, 1.82) is 0 Å². The van der Waals surface area contributed by atoms with E-state index in [9.17, 15) is 14.4 Å². The molecule has 1 aromatic heterocycles. The van der Waals surface area contributed by atoms with Gasteiger partial charge in [-0.25, -0.2) is 0 Å². The van der Waals surface area contributed by atoms with Gasteiger partial charge < -0.3 is 10.6 Å². The Kier molecular flexibility index (Phi) is 4.59. The second-order valence-corrected chi connectivity index (χ2v) is 10.2. The number of amides is 2. The number of nitrogens with zero attached hydrogens (tertiary/aromatic N) is 3. The molecule has 158 valence electrons. The average Bonchev–Trinajstić information content (AvgIpc) is 3.49. The number of fused-ring (bicyclic) bond motifs is 2.